The van der Waals surface area contributed by atoms with Crippen LogP contribution in [-0.4, -0.2) is 22.8 Å². The molecule has 2 aromatic carbocycles. The van der Waals surface area contributed by atoms with Crippen molar-refractivity contribution in [2.75, 3.05) is 16.4 Å². The molecule has 2 amide bonds. The van der Waals surface area contributed by atoms with E-state index in [4.69, 9.17) is 0 Å². The number of anilines is 2. The zero-order chi connectivity index (χ0) is 18.4. The fraction of sp³-hybridized carbons (Fsp3) is 0.300. The molecule has 0 saturated carbocycles. The fourth-order valence-electron chi connectivity index (χ4n) is 2.60. The molecule has 4 nitrogen and oxygen atoms in total. The summed E-state index contributed by atoms with van der Waals surface area (Å²) >= 11 is 1.32. The molecule has 2 aromatic rings. The predicted octanol–water partition coefficient (Wildman–Crippen LogP) is 4.31. The number of hydrogen-bond acceptors (Lipinski definition) is 3. The highest BCUT2D eigenvalue weighted by molar-refractivity contribution is 8.01. The topological polar surface area (TPSA) is 58.2 Å². The number of thioether (sulfide) groups is 1. The summed E-state index contributed by atoms with van der Waals surface area (Å²) in [6.45, 7) is 7.82. The van der Waals surface area contributed by atoms with Crippen molar-refractivity contribution in [1.29, 1.82) is 0 Å². The molecule has 2 rings (SSSR count). The monoisotopic (exact) mass is 356 g/mol. The fourth-order valence-corrected chi connectivity index (χ4v) is 3.28. The van der Waals surface area contributed by atoms with Crippen molar-refractivity contribution < 1.29 is 9.59 Å². The number of nitrogens with one attached hydrogen (secondary N) is 2. The molecule has 0 aliphatic carbocycles. The Hall–Kier alpha value is -2.27. The van der Waals surface area contributed by atoms with Gasteiger partial charge in [0.1, 0.15) is 0 Å². The second-order valence-corrected chi connectivity index (χ2v) is 7.46. The molecule has 0 bridgehead atoms. The zero-order valence-electron chi connectivity index (χ0n) is 15.1. The van der Waals surface area contributed by atoms with E-state index in [1.165, 1.54) is 17.3 Å². The molecule has 0 spiro atoms. The van der Waals surface area contributed by atoms with E-state index in [0.717, 1.165) is 22.5 Å². The summed E-state index contributed by atoms with van der Waals surface area (Å²) in [5.74, 6) is 0.0288. The highest BCUT2D eigenvalue weighted by atomic mass is 32.2. The molecule has 1 atom stereocenters. The van der Waals surface area contributed by atoms with Crippen molar-refractivity contribution in [3.05, 3.63) is 59.2 Å². The first-order valence-electron chi connectivity index (χ1n) is 8.22. The highest BCUT2D eigenvalue weighted by Crippen LogP contribution is 2.23. The number of aryl methyl sites for hydroxylation is 3. The largest absolute Gasteiger partial charge is 0.325 e. The Morgan fingerprint density at radius 1 is 1.00 bits per heavy atom. The van der Waals surface area contributed by atoms with E-state index in [9.17, 15) is 9.59 Å². The van der Waals surface area contributed by atoms with E-state index in [1.807, 2.05) is 70.2 Å². The quantitative estimate of drug-likeness (QED) is 0.811. The minimum Gasteiger partial charge on any atom is -0.325 e. The van der Waals surface area contributed by atoms with Crippen LogP contribution in [0.4, 0.5) is 11.4 Å². The van der Waals surface area contributed by atoms with Crippen molar-refractivity contribution in [1.82, 2.24) is 0 Å². The maximum absolute atomic E-state index is 12.4. The van der Waals surface area contributed by atoms with Crippen LogP contribution in [-0.2, 0) is 9.59 Å². The number of carbonyl (C=O) groups is 2. The summed E-state index contributed by atoms with van der Waals surface area (Å²) in [4.78, 5) is 24.4. The standard InChI is InChI=1S/C20H24N2O2S/c1-13-10-14(2)19(15(3)11-13)22-20(24)16(4)25-12-18(23)21-17-8-6-5-7-9-17/h5-11,16H,12H2,1-4H3,(H,21,23)(H,22,24)/t16-/m1/s1. The summed E-state index contributed by atoms with van der Waals surface area (Å²) < 4.78 is 0. The molecule has 0 aromatic heterocycles. The number of amides is 2. The van der Waals surface area contributed by atoms with Gasteiger partial charge in [0.15, 0.2) is 0 Å². The summed E-state index contributed by atoms with van der Waals surface area (Å²) in [5, 5.41) is 5.49. The Morgan fingerprint density at radius 2 is 1.60 bits per heavy atom. The van der Waals surface area contributed by atoms with Gasteiger partial charge in [-0.2, -0.15) is 0 Å². The third-order valence-corrected chi connectivity index (χ3v) is 4.96. The molecule has 0 aliphatic rings. The first-order valence-corrected chi connectivity index (χ1v) is 9.27. The van der Waals surface area contributed by atoms with Gasteiger partial charge in [-0.3, -0.25) is 9.59 Å². The maximum Gasteiger partial charge on any atom is 0.237 e. The molecule has 2 N–H and O–H groups in total. The van der Waals surface area contributed by atoms with Crippen LogP contribution in [0.15, 0.2) is 42.5 Å². The summed E-state index contributed by atoms with van der Waals surface area (Å²) in [5.41, 5.74) is 4.88. The van der Waals surface area contributed by atoms with Gasteiger partial charge >= 0.3 is 0 Å². The van der Waals surface area contributed by atoms with Crippen LogP contribution in [0.5, 0.6) is 0 Å². The van der Waals surface area contributed by atoms with Crippen LogP contribution in [0.1, 0.15) is 23.6 Å². The first kappa shape index (κ1) is 19.1. The Labute approximate surface area is 153 Å². The van der Waals surface area contributed by atoms with Crippen LogP contribution in [0, 0.1) is 20.8 Å². The Balaban J connectivity index is 1.87. The van der Waals surface area contributed by atoms with Gasteiger partial charge in [-0.05, 0) is 51.0 Å². The number of benzene rings is 2. The number of hydrogen-bond donors (Lipinski definition) is 2. The summed E-state index contributed by atoms with van der Waals surface area (Å²) in [7, 11) is 0. The van der Waals surface area contributed by atoms with Gasteiger partial charge in [0.05, 0.1) is 11.0 Å². The van der Waals surface area contributed by atoms with Crippen molar-refractivity contribution in [2.24, 2.45) is 0 Å². The van der Waals surface area contributed by atoms with Crippen LogP contribution < -0.4 is 10.6 Å². The van der Waals surface area contributed by atoms with E-state index in [1.54, 1.807) is 0 Å². The summed E-state index contributed by atoms with van der Waals surface area (Å²) in [6.07, 6.45) is 0. The lowest BCUT2D eigenvalue weighted by Gasteiger charge is -2.16. The number of carbonyl (C=O) groups excluding carboxylic acids is 2. The van der Waals surface area contributed by atoms with E-state index < -0.39 is 0 Å². The van der Waals surface area contributed by atoms with Crippen LogP contribution in [0.25, 0.3) is 0 Å². The molecule has 25 heavy (non-hydrogen) atoms. The summed E-state index contributed by atoms with van der Waals surface area (Å²) in [6, 6.07) is 13.4. The molecule has 0 radical (unpaired) electrons. The van der Waals surface area contributed by atoms with Crippen molar-refractivity contribution >= 4 is 35.0 Å². The van der Waals surface area contributed by atoms with Gasteiger partial charge in [0, 0.05) is 11.4 Å². The Kier molecular flexibility index (Phi) is 6.65. The minimum atomic E-state index is -0.318. The van der Waals surface area contributed by atoms with E-state index in [2.05, 4.69) is 10.6 Å². The average molecular weight is 356 g/mol. The van der Waals surface area contributed by atoms with E-state index in [-0.39, 0.29) is 22.8 Å². The molecule has 0 aliphatic heterocycles. The SMILES string of the molecule is Cc1cc(C)c(NC(=O)[C@@H](C)SCC(=O)Nc2ccccc2)c(C)c1. The second kappa shape index (κ2) is 8.72. The molecular formula is C20H24N2O2S. The van der Waals surface area contributed by atoms with Crippen LogP contribution in [0.2, 0.25) is 0 Å². The highest BCUT2D eigenvalue weighted by Gasteiger charge is 2.17. The second-order valence-electron chi connectivity index (χ2n) is 6.13. The van der Waals surface area contributed by atoms with Gasteiger partial charge in [-0.1, -0.05) is 35.9 Å². The van der Waals surface area contributed by atoms with Crippen LogP contribution in [0.3, 0.4) is 0 Å². The molecule has 0 unspecified atom stereocenters. The maximum atomic E-state index is 12.4. The average Bonchev–Trinajstić information content (AvgIpc) is 2.56. The first-order chi connectivity index (χ1) is 11.9. The Bertz CT molecular complexity index is 737. The lowest BCUT2D eigenvalue weighted by Crippen LogP contribution is -2.25. The lowest BCUT2D eigenvalue weighted by molar-refractivity contribution is -0.115. The van der Waals surface area contributed by atoms with E-state index in [0.29, 0.717) is 0 Å². The zero-order valence-corrected chi connectivity index (χ0v) is 15.9. The molecule has 0 fully saturated rings. The number of rotatable bonds is 6. The van der Waals surface area contributed by atoms with Gasteiger partial charge < -0.3 is 10.6 Å². The van der Waals surface area contributed by atoms with Crippen molar-refractivity contribution in [2.45, 2.75) is 32.9 Å². The molecule has 0 heterocycles. The van der Waals surface area contributed by atoms with Crippen molar-refractivity contribution in [3.63, 3.8) is 0 Å². The lowest BCUT2D eigenvalue weighted by atomic mass is 10.1. The molecule has 5 heteroatoms. The molecule has 132 valence electrons. The minimum absolute atomic E-state index is 0.0902. The predicted molar refractivity (Wildman–Crippen MR) is 106 cm³/mol. The van der Waals surface area contributed by atoms with E-state index >= 15 is 0 Å². The van der Waals surface area contributed by atoms with Crippen molar-refractivity contribution in [3.8, 4) is 0 Å². The molecular weight excluding hydrogens is 332 g/mol. The van der Waals surface area contributed by atoms with Gasteiger partial charge in [-0.25, -0.2) is 0 Å². The Morgan fingerprint density at radius 3 is 2.20 bits per heavy atom. The normalized spacial score (nSPS) is 11.7. The van der Waals surface area contributed by atoms with Gasteiger partial charge in [0.2, 0.25) is 11.8 Å². The third-order valence-electron chi connectivity index (χ3n) is 3.82. The van der Waals surface area contributed by atoms with Gasteiger partial charge in [-0.15, -0.1) is 11.8 Å². The number of para-hydroxylation sites is 1. The third kappa shape index (κ3) is 5.64. The van der Waals surface area contributed by atoms with Crippen LogP contribution >= 0.6 is 11.8 Å². The van der Waals surface area contributed by atoms with Gasteiger partial charge in [0.25, 0.3) is 0 Å². The smallest absolute Gasteiger partial charge is 0.237 e. The molecule has 0 saturated heterocycles.